The third-order valence-corrected chi connectivity index (χ3v) is 7.03. The van der Waals surface area contributed by atoms with Gasteiger partial charge in [-0.1, -0.05) is 42.6 Å². The molecule has 2 atom stereocenters. The Kier molecular flexibility index (Phi) is 8.60. The van der Waals surface area contributed by atoms with Crippen LogP contribution < -0.4 is 4.72 Å². The molecule has 0 spiro atoms. The Hall–Kier alpha value is -2.05. The first-order valence-electron chi connectivity index (χ1n) is 11.4. The first kappa shape index (κ1) is 24.6. The molecule has 1 aliphatic rings. The van der Waals surface area contributed by atoms with Crippen molar-refractivity contribution in [2.45, 2.75) is 53.1 Å². The minimum Gasteiger partial charge on any atom is -0.366 e. The van der Waals surface area contributed by atoms with Crippen molar-refractivity contribution >= 4 is 23.3 Å². The lowest BCUT2D eigenvalue weighted by atomic mass is 10.00. The van der Waals surface area contributed by atoms with Gasteiger partial charge in [-0.3, -0.25) is 4.90 Å². The number of anilines is 1. The second-order valence-corrected chi connectivity index (χ2v) is 9.63. The van der Waals surface area contributed by atoms with Crippen molar-refractivity contribution in [1.82, 2.24) is 9.80 Å². The summed E-state index contributed by atoms with van der Waals surface area (Å²) >= 11 is 1.73. The lowest BCUT2D eigenvalue weighted by molar-refractivity contribution is 0.0933. The Bertz CT molecular complexity index is 905. The summed E-state index contributed by atoms with van der Waals surface area (Å²) in [5.41, 5.74) is 4.98. The molecule has 2 aromatic carbocycles. The van der Waals surface area contributed by atoms with Crippen molar-refractivity contribution in [3.05, 3.63) is 70.8 Å². The Balaban J connectivity index is 1.73. The van der Waals surface area contributed by atoms with Gasteiger partial charge < -0.3 is 9.62 Å². The van der Waals surface area contributed by atoms with Crippen LogP contribution in [-0.4, -0.2) is 41.2 Å². The predicted octanol–water partition coefficient (Wildman–Crippen LogP) is 6.95. The summed E-state index contributed by atoms with van der Waals surface area (Å²) in [6.45, 7) is 12.9. The van der Waals surface area contributed by atoms with Gasteiger partial charge in [0.05, 0.1) is 0 Å². The molecule has 32 heavy (non-hydrogen) atoms. The molecule has 3 rings (SSSR count). The Morgan fingerprint density at radius 2 is 1.75 bits per heavy atom. The van der Waals surface area contributed by atoms with Crippen LogP contribution >= 0.6 is 11.9 Å². The summed E-state index contributed by atoms with van der Waals surface area (Å²) in [5.74, 6) is 0.143. The number of nitrogens with one attached hydrogen (secondary N) is 1. The largest absolute Gasteiger partial charge is 0.366 e. The van der Waals surface area contributed by atoms with E-state index in [-0.39, 0.29) is 17.6 Å². The van der Waals surface area contributed by atoms with E-state index in [1.807, 2.05) is 6.92 Å². The van der Waals surface area contributed by atoms with Crippen LogP contribution in [0.1, 0.15) is 58.2 Å². The monoisotopic (exact) mass is 459 g/mol. The number of piperazine rings is 1. The van der Waals surface area contributed by atoms with Crippen molar-refractivity contribution < 1.29 is 8.78 Å². The second kappa shape index (κ2) is 11.2. The summed E-state index contributed by atoms with van der Waals surface area (Å²) in [4.78, 5) is 4.62. The summed E-state index contributed by atoms with van der Waals surface area (Å²) in [7, 11) is 0. The maximum atomic E-state index is 14.3. The number of benzene rings is 2. The van der Waals surface area contributed by atoms with Crippen molar-refractivity contribution in [3.8, 4) is 0 Å². The van der Waals surface area contributed by atoms with Crippen LogP contribution in [0.25, 0.3) is 5.70 Å². The predicted molar refractivity (Wildman–Crippen MR) is 134 cm³/mol. The molecule has 0 amide bonds. The van der Waals surface area contributed by atoms with Gasteiger partial charge in [0.25, 0.3) is 0 Å². The topological polar surface area (TPSA) is 18.5 Å². The summed E-state index contributed by atoms with van der Waals surface area (Å²) in [6, 6.07) is 12.6. The number of halogens is 2. The van der Waals surface area contributed by atoms with E-state index in [9.17, 15) is 8.78 Å². The van der Waals surface area contributed by atoms with Crippen molar-refractivity contribution in [2.75, 3.05) is 30.1 Å². The van der Waals surface area contributed by atoms with E-state index in [0.29, 0.717) is 0 Å². The standard InChI is InChI=1S/C26H35F2N3S/c1-6-16-32-29-22-12-10-21(11-13-22)26(18(2)3)31-15-14-30(17-19(31)4)20(5)25-23(27)8-7-9-24(25)28/h7-13,19-20,29H,6,14-17H2,1-5H3. The number of hydrogen-bond acceptors (Lipinski definition) is 4. The van der Waals surface area contributed by atoms with Crippen molar-refractivity contribution in [1.29, 1.82) is 0 Å². The average Bonchev–Trinajstić information content (AvgIpc) is 2.76. The van der Waals surface area contributed by atoms with Gasteiger partial charge in [0.1, 0.15) is 11.6 Å². The fourth-order valence-electron chi connectivity index (χ4n) is 4.44. The Morgan fingerprint density at radius 1 is 1.09 bits per heavy atom. The summed E-state index contributed by atoms with van der Waals surface area (Å²) in [5, 5.41) is 0. The molecule has 2 aromatic rings. The molecule has 0 radical (unpaired) electrons. The van der Waals surface area contributed by atoms with E-state index in [0.717, 1.165) is 37.5 Å². The first-order valence-corrected chi connectivity index (χ1v) is 12.4. The first-order chi connectivity index (χ1) is 15.3. The van der Waals surface area contributed by atoms with Crippen LogP contribution in [0.4, 0.5) is 14.5 Å². The maximum absolute atomic E-state index is 14.3. The fraction of sp³-hybridized carbons (Fsp3) is 0.462. The van der Waals surface area contributed by atoms with Crippen LogP contribution in [0.3, 0.4) is 0 Å². The summed E-state index contributed by atoms with van der Waals surface area (Å²) < 4.78 is 32.0. The molecule has 174 valence electrons. The van der Waals surface area contributed by atoms with Gasteiger partial charge in [-0.2, -0.15) is 0 Å². The van der Waals surface area contributed by atoms with Gasteiger partial charge in [0.2, 0.25) is 0 Å². The molecular weight excluding hydrogens is 424 g/mol. The molecule has 6 heteroatoms. The van der Waals surface area contributed by atoms with Crippen molar-refractivity contribution in [3.63, 3.8) is 0 Å². The highest BCUT2D eigenvalue weighted by Gasteiger charge is 2.31. The van der Waals surface area contributed by atoms with Gasteiger partial charge in [-0.05, 0) is 63.9 Å². The van der Waals surface area contributed by atoms with Gasteiger partial charge >= 0.3 is 0 Å². The van der Waals surface area contributed by atoms with E-state index in [1.54, 1.807) is 11.9 Å². The molecule has 3 nitrogen and oxygen atoms in total. The molecule has 1 N–H and O–H groups in total. The number of hydrogen-bond donors (Lipinski definition) is 1. The zero-order chi connectivity index (χ0) is 23.3. The highest BCUT2D eigenvalue weighted by molar-refractivity contribution is 8.00. The van der Waals surface area contributed by atoms with Gasteiger partial charge in [0.15, 0.2) is 0 Å². The molecular formula is C26H35F2N3S. The van der Waals surface area contributed by atoms with Crippen LogP contribution in [0.5, 0.6) is 0 Å². The smallest absolute Gasteiger partial charge is 0.130 e. The molecule has 0 aromatic heterocycles. The van der Waals surface area contributed by atoms with E-state index in [2.05, 4.69) is 66.5 Å². The summed E-state index contributed by atoms with van der Waals surface area (Å²) in [6.07, 6.45) is 1.14. The SMILES string of the molecule is CCCSNc1ccc(C(=C(C)C)N2CCN(C(C)c3c(F)cccc3F)CC2C)cc1. The van der Waals surface area contributed by atoms with Gasteiger partial charge in [-0.25, -0.2) is 8.78 Å². The number of nitrogens with zero attached hydrogens (tertiary/aromatic N) is 2. The van der Waals surface area contributed by atoms with Crippen LogP contribution in [0.2, 0.25) is 0 Å². The fourth-order valence-corrected chi connectivity index (χ4v) is 5.05. The van der Waals surface area contributed by atoms with Crippen LogP contribution in [0.15, 0.2) is 48.0 Å². The minimum atomic E-state index is -0.469. The van der Waals surface area contributed by atoms with Crippen molar-refractivity contribution in [2.24, 2.45) is 0 Å². The third kappa shape index (κ3) is 5.65. The highest BCUT2D eigenvalue weighted by Crippen LogP contribution is 2.32. The van der Waals surface area contributed by atoms with Gasteiger partial charge in [0, 0.05) is 54.4 Å². The lowest BCUT2D eigenvalue weighted by Crippen LogP contribution is -2.51. The Morgan fingerprint density at radius 3 is 2.31 bits per heavy atom. The van der Waals surface area contributed by atoms with Crippen LogP contribution in [-0.2, 0) is 0 Å². The third-order valence-electron chi connectivity index (χ3n) is 6.04. The maximum Gasteiger partial charge on any atom is 0.130 e. The molecule has 1 saturated heterocycles. The molecule has 0 saturated carbocycles. The van der Waals surface area contributed by atoms with E-state index in [1.165, 1.54) is 35.0 Å². The zero-order valence-corrected chi connectivity index (χ0v) is 20.6. The molecule has 2 unspecified atom stereocenters. The molecule has 1 aliphatic heterocycles. The molecule has 0 bridgehead atoms. The van der Waals surface area contributed by atoms with E-state index in [4.69, 9.17) is 0 Å². The van der Waals surface area contributed by atoms with E-state index >= 15 is 0 Å². The molecule has 1 heterocycles. The average molecular weight is 460 g/mol. The number of rotatable bonds is 8. The van der Waals surface area contributed by atoms with Gasteiger partial charge in [-0.15, -0.1) is 0 Å². The van der Waals surface area contributed by atoms with Crippen LogP contribution in [0, 0.1) is 11.6 Å². The molecule has 1 fully saturated rings. The lowest BCUT2D eigenvalue weighted by Gasteiger charge is -2.45. The Labute approximate surface area is 196 Å². The minimum absolute atomic E-state index is 0.166. The van der Waals surface area contributed by atoms with E-state index < -0.39 is 11.6 Å². The molecule has 0 aliphatic carbocycles. The number of allylic oxidation sites excluding steroid dienone is 1. The quantitative estimate of drug-likeness (QED) is 0.340. The second-order valence-electron chi connectivity index (χ2n) is 8.73. The highest BCUT2D eigenvalue weighted by atomic mass is 32.2. The zero-order valence-electron chi connectivity index (χ0n) is 19.8. The normalized spacial score (nSPS) is 17.8.